The van der Waals surface area contributed by atoms with Crippen LogP contribution in [0.3, 0.4) is 0 Å². The maximum absolute atomic E-state index is 13.2. The molecule has 1 atom stereocenters. The van der Waals surface area contributed by atoms with E-state index in [2.05, 4.69) is 15.5 Å². The molecule has 1 aromatic heterocycles. The number of aromatic nitrogens is 2. The maximum Gasteiger partial charge on any atom is 0.228 e. The second kappa shape index (κ2) is 6.07. The number of rotatable bonds is 3. The molecule has 3 rings (SSSR count). The Labute approximate surface area is 123 Å². The molecular weight excluding hydrogens is 303 g/mol. The Kier molecular flexibility index (Phi) is 4.16. The first-order valence-corrected chi connectivity index (χ1v) is 7.57. The van der Waals surface area contributed by atoms with Crippen LogP contribution in [-0.2, 0) is 6.42 Å². The van der Waals surface area contributed by atoms with Crippen LogP contribution in [0.2, 0.25) is 0 Å². The summed E-state index contributed by atoms with van der Waals surface area (Å²) in [5.41, 5.74) is 0.0485. The van der Waals surface area contributed by atoms with Crippen molar-refractivity contribution in [1.82, 2.24) is 15.5 Å². The van der Waals surface area contributed by atoms with Crippen molar-refractivity contribution < 1.29 is 17.7 Å². The average molecular weight is 315 g/mol. The average Bonchev–Trinajstić information content (AvgIpc) is 2.94. The molecule has 4 nitrogen and oxygen atoms in total. The van der Waals surface area contributed by atoms with Crippen LogP contribution in [0.25, 0.3) is 11.4 Å². The molecule has 1 N–H and O–H groups in total. The van der Waals surface area contributed by atoms with Gasteiger partial charge in [-0.25, -0.2) is 13.2 Å². The van der Waals surface area contributed by atoms with Gasteiger partial charge in [0.25, 0.3) is 0 Å². The third-order valence-corrected chi connectivity index (χ3v) is 4.26. The Hall–Kier alpha value is -1.54. The molecule has 2 aromatic rings. The van der Waals surface area contributed by atoms with E-state index in [0.29, 0.717) is 12.3 Å². The van der Waals surface area contributed by atoms with Crippen molar-refractivity contribution in [2.24, 2.45) is 0 Å². The van der Waals surface area contributed by atoms with E-state index in [1.165, 1.54) is 0 Å². The summed E-state index contributed by atoms with van der Waals surface area (Å²) < 4.78 is 44.4. The summed E-state index contributed by atoms with van der Waals surface area (Å²) in [6, 6.07) is 1.93. The molecule has 8 heteroatoms. The fourth-order valence-electron chi connectivity index (χ4n) is 2.10. The molecule has 0 aliphatic carbocycles. The van der Waals surface area contributed by atoms with E-state index in [1.54, 1.807) is 0 Å². The zero-order chi connectivity index (χ0) is 14.8. The third-order valence-electron chi connectivity index (χ3n) is 3.13. The number of hydrogen-bond donors (Lipinski definition) is 1. The van der Waals surface area contributed by atoms with Crippen molar-refractivity contribution in [2.45, 2.75) is 12.5 Å². The highest BCUT2D eigenvalue weighted by Crippen LogP contribution is 2.22. The number of thioether (sulfide) groups is 1. The van der Waals surface area contributed by atoms with Gasteiger partial charge in [-0.05, 0) is 12.1 Å². The van der Waals surface area contributed by atoms with Crippen LogP contribution in [0.5, 0.6) is 0 Å². The highest BCUT2D eigenvalue weighted by molar-refractivity contribution is 7.99. The predicted molar refractivity (Wildman–Crippen MR) is 72.4 cm³/mol. The molecular formula is C13H12F3N3OS. The van der Waals surface area contributed by atoms with Crippen molar-refractivity contribution in [3.63, 3.8) is 0 Å². The zero-order valence-corrected chi connectivity index (χ0v) is 11.7. The number of nitrogens with zero attached hydrogens (tertiary/aromatic N) is 2. The van der Waals surface area contributed by atoms with Crippen molar-refractivity contribution in [2.75, 3.05) is 18.1 Å². The second-order valence-corrected chi connectivity index (χ2v) is 5.85. The lowest BCUT2D eigenvalue weighted by atomic mass is 10.2. The molecule has 1 fully saturated rings. The number of nitrogens with one attached hydrogen (secondary N) is 1. The summed E-state index contributed by atoms with van der Waals surface area (Å²) in [6.45, 7) is 0.921. The summed E-state index contributed by atoms with van der Waals surface area (Å²) in [7, 11) is 0. The first-order chi connectivity index (χ1) is 10.1. The second-order valence-electron chi connectivity index (χ2n) is 4.70. The smallest absolute Gasteiger partial charge is 0.228 e. The molecule has 1 aromatic carbocycles. The molecule has 2 heterocycles. The molecule has 1 aliphatic rings. The molecule has 0 radical (unpaired) electrons. The van der Waals surface area contributed by atoms with Crippen molar-refractivity contribution in [3.8, 4) is 11.4 Å². The van der Waals surface area contributed by atoms with Crippen molar-refractivity contribution >= 4 is 11.8 Å². The van der Waals surface area contributed by atoms with Crippen molar-refractivity contribution in [1.29, 1.82) is 0 Å². The van der Waals surface area contributed by atoms with Crippen LogP contribution in [0.1, 0.15) is 5.89 Å². The minimum absolute atomic E-state index is 0.0475. The molecule has 0 spiro atoms. The summed E-state index contributed by atoms with van der Waals surface area (Å²) in [6.07, 6.45) is 0.548. The van der Waals surface area contributed by atoms with E-state index in [4.69, 9.17) is 4.52 Å². The van der Waals surface area contributed by atoms with Gasteiger partial charge >= 0.3 is 0 Å². The summed E-state index contributed by atoms with van der Waals surface area (Å²) in [5, 5.41) is 7.01. The van der Waals surface area contributed by atoms with E-state index in [9.17, 15) is 13.2 Å². The van der Waals surface area contributed by atoms with Crippen LogP contribution in [0.4, 0.5) is 13.2 Å². The standard InChI is InChI=1S/C13H12F3N3OS/c14-9-3-7(4-10(15)12(9)16)13-18-11(20-19-13)5-8-6-21-2-1-17-8/h3-4,8,17H,1-2,5-6H2. The van der Waals surface area contributed by atoms with Gasteiger partial charge in [0.05, 0.1) is 0 Å². The summed E-state index contributed by atoms with van der Waals surface area (Å²) in [4.78, 5) is 4.10. The van der Waals surface area contributed by atoms with Gasteiger partial charge in [0.2, 0.25) is 11.7 Å². The number of benzene rings is 1. The maximum atomic E-state index is 13.2. The summed E-state index contributed by atoms with van der Waals surface area (Å²) in [5.74, 6) is -1.62. The Morgan fingerprint density at radius 1 is 1.29 bits per heavy atom. The Morgan fingerprint density at radius 2 is 2.05 bits per heavy atom. The third kappa shape index (κ3) is 3.21. The molecule has 1 saturated heterocycles. The lowest BCUT2D eigenvalue weighted by Gasteiger charge is -2.21. The molecule has 0 bridgehead atoms. The molecule has 0 amide bonds. The van der Waals surface area contributed by atoms with Crippen LogP contribution in [0.15, 0.2) is 16.7 Å². The Balaban J connectivity index is 1.78. The van der Waals surface area contributed by atoms with Gasteiger partial charge in [-0.2, -0.15) is 16.7 Å². The first-order valence-electron chi connectivity index (χ1n) is 6.42. The van der Waals surface area contributed by atoms with Crippen molar-refractivity contribution in [3.05, 3.63) is 35.5 Å². The van der Waals surface area contributed by atoms with E-state index in [1.807, 2.05) is 11.8 Å². The van der Waals surface area contributed by atoms with Crippen LogP contribution < -0.4 is 5.32 Å². The van der Waals surface area contributed by atoms with E-state index in [0.717, 1.165) is 30.2 Å². The Morgan fingerprint density at radius 3 is 2.71 bits per heavy atom. The largest absolute Gasteiger partial charge is 0.339 e. The van der Waals surface area contributed by atoms with Crippen LogP contribution in [-0.4, -0.2) is 34.2 Å². The highest BCUT2D eigenvalue weighted by atomic mass is 32.2. The fourth-order valence-corrected chi connectivity index (χ4v) is 3.05. The lowest BCUT2D eigenvalue weighted by Crippen LogP contribution is -2.38. The lowest BCUT2D eigenvalue weighted by molar-refractivity contribution is 0.363. The van der Waals surface area contributed by atoms with Gasteiger partial charge in [-0.1, -0.05) is 5.16 Å². The van der Waals surface area contributed by atoms with Gasteiger partial charge in [0.15, 0.2) is 17.5 Å². The van der Waals surface area contributed by atoms with Gasteiger partial charge < -0.3 is 9.84 Å². The van der Waals surface area contributed by atoms with Crippen LogP contribution >= 0.6 is 11.8 Å². The highest BCUT2D eigenvalue weighted by Gasteiger charge is 2.19. The van der Waals surface area contributed by atoms with Crippen LogP contribution in [0, 0.1) is 17.5 Å². The molecule has 21 heavy (non-hydrogen) atoms. The Bertz CT molecular complexity index is 620. The summed E-state index contributed by atoms with van der Waals surface area (Å²) >= 11 is 1.84. The molecule has 0 saturated carbocycles. The fraction of sp³-hybridized carbons (Fsp3) is 0.385. The van der Waals surface area contributed by atoms with E-state index < -0.39 is 17.5 Å². The minimum atomic E-state index is -1.51. The normalized spacial score (nSPS) is 18.9. The molecule has 1 unspecified atom stereocenters. The molecule has 1 aliphatic heterocycles. The van der Waals surface area contributed by atoms with Gasteiger partial charge in [0.1, 0.15) is 0 Å². The topological polar surface area (TPSA) is 51.0 Å². The zero-order valence-electron chi connectivity index (χ0n) is 10.9. The van der Waals surface area contributed by atoms with Gasteiger partial charge in [-0.15, -0.1) is 0 Å². The predicted octanol–water partition coefficient (Wildman–Crippen LogP) is 2.40. The first kappa shape index (κ1) is 14.4. The number of hydrogen-bond acceptors (Lipinski definition) is 5. The van der Waals surface area contributed by atoms with Gasteiger partial charge in [0, 0.05) is 36.1 Å². The monoisotopic (exact) mass is 315 g/mol. The SMILES string of the molecule is Fc1cc(-c2noc(CC3CSCCN3)n2)cc(F)c1F. The number of halogens is 3. The van der Waals surface area contributed by atoms with E-state index >= 15 is 0 Å². The van der Waals surface area contributed by atoms with Gasteiger partial charge in [-0.3, -0.25) is 0 Å². The van der Waals surface area contributed by atoms with E-state index in [-0.39, 0.29) is 17.4 Å². The molecule has 112 valence electrons. The minimum Gasteiger partial charge on any atom is -0.339 e. The quantitative estimate of drug-likeness (QED) is 0.882.